The number of carbonyl (C=O) groups excluding carboxylic acids is 2. The smallest absolute Gasteiger partial charge is 0.327 e. The highest BCUT2D eigenvalue weighted by atomic mass is 16.5. The van der Waals surface area contributed by atoms with Crippen LogP contribution in [0, 0.1) is 13.8 Å². The quantitative estimate of drug-likeness (QED) is 0.835. The number of hydrogen-bond acceptors (Lipinski definition) is 4. The molecule has 3 amide bonds. The Labute approximate surface area is 135 Å². The predicted molar refractivity (Wildman–Crippen MR) is 84.3 cm³/mol. The van der Waals surface area contributed by atoms with Crippen molar-refractivity contribution in [3.05, 3.63) is 29.3 Å². The van der Waals surface area contributed by atoms with E-state index in [1.807, 2.05) is 32.0 Å². The van der Waals surface area contributed by atoms with Crippen molar-refractivity contribution in [2.75, 3.05) is 19.7 Å². The van der Waals surface area contributed by atoms with Crippen LogP contribution in [-0.4, -0.2) is 58.7 Å². The zero-order valence-corrected chi connectivity index (χ0v) is 13.5. The molecule has 0 aromatic heterocycles. The first-order valence-corrected chi connectivity index (χ1v) is 7.97. The zero-order valence-electron chi connectivity index (χ0n) is 13.5. The Kier molecular flexibility index (Phi) is 4.26. The van der Waals surface area contributed by atoms with Crippen LogP contribution in [0.25, 0.3) is 0 Å². The third-order valence-electron chi connectivity index (χ3n) is 4.44. The Bertz CT molecular complexity index is 609. The van der Waals surface area contributed by atoms with Gasteiger partial charge in [-0.15, -0.1) is 0 Å². The van der Waals surface area contributed by atoms with Gasteiger partial charge < -0.3 is 14.7 Å². The van der Waals surface area contributed by atoms with Crippen LogP contribution >= 0.6 is 0 Å². The van der Waals surface area contributed by atoms with Gasteiger partial charge in [0.05, 0.1) is 6.54 Å². The van der Waals surface area contributed by atoms with Crippen molar-refractivity contribution < 1.29 is 19.4 Å². The molecule has 1 N–H and O–H groups in total. The van der Waals surface area contributed by atoms with Crippen molar-refractivity contribution in [2.45, 2.75) is 38.8 Å². The number of amides is 3. The van der Waals surface area contributed by atoms with Crippen molar-refractivity contribution in [2.24, 2.45) is 0 Å². The second kappa shape index (κ2) is 6.20. The predicted octanol–water partition coefficient (Wildman–Crippen LogP) is 1.47. The number of ether oxygens (including phenoxy) is 1. The molecule has 2 saturated heterocycles. The van der Waals surface area contributed by atoms with Crippen LogP contribution in [0.1, 0.15) is 24.0 Å². The van der Waals surface area contributed by atoms with Gasteiger partial charge in [0.1, 0.15) is 24.5 Å². The van der Waals surface area contributed by atoms with Gasteiger partial charge in [0.2, 0.25) is 0 Å². The maximum Gasteiger partial charge on any atom is 0.327 e. The Hall–Kier alpha value is -2.08. The largest absolute Gasteiger partial charge is 0.491 e. The first-order valence-electron chi connectivity index (χ1n) is 7.97. The number of aliphatic hydroxyl groups is 1. The third kappa shape index (κ3) is 3.03. The number of benzene rings is 1. The zero-order chi connectivity index (χ0) is 16.6. The molecule has 0 spiro atoms. The molecular weight excluding hydrogens is 296 g/mol. The molecule has 0 unspecified atom stereocenters. The lowest BCUT2D eigenvalue weighted by molar-refractivity contribution is -0.129. The fraction of sp³-hybridized carbons (Fsp3) is 0.529. The summed E-state index contributed by atoms with van der Waals surface area (Å²) in [5, 5.41) is 10.1. The summed E-state index contributed by atoms with van der Waals surface area (Å²) in [4.78, 5) is 27.1. The molecule has 0 bridgehead atoms. The lowest BCUT2D eigenvalue weighted by Crippen LogP contribution is -2.41. The summed E-state index contributed by atoms with van der Waals surface area (Å²) in [6.07, 6.45) is 0.688. The first-order chi connectivity index (χ1) is 11.0. The molecule has 1 aromatic rings. The van der Waals surface area contributed by atoms with E-state index < -0.39 is 6.10 Å². The fourth-order valence-electron chi connectivity index (χ4n) is 3.26. The highest BCUT2D eigenvalue weighted by Gasteiger charge is 2.47. The van der Waals surface area contributed by atoms with E-state index in [9.17, 15) is 14.7 Å². The molecule has 124 valence electrons. The highest BCUT2D eigenvalue weighted by molar-refractivity contribution is 6.04. The minimum Gasteiger partial charge on any atom is -0.491 e. The number of aryl methyl sites for hydroxylation is 2. The summed E-state index contributed by atoms with van der Waals surface area (Å²) >= 11 is 0. The SMILES string of the molecule is Cc1ccc(OC[C@H](O)CN2C(=O)[C@@H]3CCCN3C2=O)c(C)c1. The number of imide groups is 1. The van der Waals surface area contributed by atoms with E-state index in [4.69, 9.17) is 4.74 Å². The summed E-state index contributed by atoms with van der Waals surface area (Å²) in [7, 11) is 0. The van der Waals surface area contributed by atoms with Gasteiger partial charge in [0, 0.05) is 6.54 Å². The monoisotopic (exact) mass is 318 g/mol. The minimum atomic E-state index is -0.899. The van der Waals surface area contributed by atoms with Gasteiger partial charge in [-0.2, -0.15) is 0 Å². The summed E-state index contributed by atoms with van der Waals surface area (Å²) in [6.45, 7) is 4.60. The Balaban J connectivity index is 1.56. The molecule has 2 aliphatic heterocycles. The standard InChI is InChI=1S/C17H22N2O4/c1-11-5-6-15(12(2)8-11)23-10-13(20)9-19-16(21)14-4-3-7-18(14)17(19)22/h5-6,8,13-14,20H,3-4,7,9-10H2,1-2H3/t13-,14+/m1/s1. The number of fused-ring (bicyclic) bond motifs is 1. The number of rotatable bonds is 5. The summed E-state index contributed by atoms with van der Waals surface area (Å²) in [6, 6.07) is 5.19. The molecule has 0 aliphatic carbocycles. The number of nitrogens with zero attached hydrogens (tertiary/aromatic N) is 2. The van der Waals surface area contributed by atoms with Gasteiger partial charge in [-0.3, -0.25) is 9.69 Å². The third-order valence-corrected chi connectivity index (χ3v) is 4.44. The normalized spacial score (nSPS) is 21.8. The Morgan fingerprint density at radius 1 is 1.35 bits per heavy atom. The maximum atomic E-state index is 12.2. The van der Waals surface area contributed by atoms with E-state index in [2.05, 4.69) is 0 Å². The van der Waals surface area contributed by atoms with E-state index >= 15 is 0 Å². The van der Waals surface area contributed by atoms with Crippen LogP contribution in [0.2, 0.25) is 0 Å². The van der Waals surface area contributed by atoms with Crippen LogP contribution in [0.4, 0.5) is 4.79 Å². The fourth-order valence-corrected chi connectivity index (χ4v) is 3.26. The molecule has 6 heteroatoms. The van der Waals surface area contributed by atoms with E-state index in [1.165, 1.54) is 0 Å². The highest BCUT2D eigenvalue weighted by Crippen LogP contribution is 2.27. The van der Waals surface area contributed by atoms with Crippen LogP contribution in [-0.2, 0) is 4.79 Å². The van der Waals surface area contributed by atoms with Crippen molar-refractivity contribution in [1.82, 2.24) is 9.80 Å². The van der Waals surface area contributed by atoms with E-state index in [1.54, 1.807) is 4.90 Å². The van der Waals surface area contributed by atoms with Crippen molar-refractivity contribution >= 4 is 11.9 Å². The first kappa shape index (κ1) is 15.8. The summed E-state index contributed by atoms with van der Waals surface area (Å²) in [5.74, 6) is 0.507. The van der Waals surface area contributed by atoms with Crippen LogP contribution in [0.15, 0.2) is 18.2 Å². The number of carbonyl (C=O) groups is 2. The van der Waals surface area contributed by atoms with Gasteiger partial charge >= 0.3 is 6.03 Å². The molecule has 0 radical (unpaired) electrons. The second-order valence-corrected chi connectivity index (χ2v) is 6.32. The lowest BCUT2D eigenvalue weighted by Gasteiger charge is -2.20. The molecule has 1 aromatic carbocycles. The van der Waals surface area contributed by atoms with E-state index in [0.29, 0.717) is 12.3 Å². The number of aliphatic hydroxyl groups excluding tert-OH is 1. The van der Waals surface area contributed by atoms with Gasteiger partial charge in [-0.25, -0.2) is 4.79 Å². The van der Waals surface area contributed by atoms with Gasteiger partial charge in [0.15, 0.2) is 0 Å². The topological polar surface area (TPSA) is 70.1 Å². The Morgan fingerprint density at radius 2 is 2.13 bits per heavy atom. The van der Waals surface area contributed by atoms with Crippen LogP contribution < -0.4 is 4.74 Å². The van der Waals surface area contributed by atoms with Gasteiger partial charge in [-0.05, 0) is 38.3 Å². The average Bonchev–Trinajstić information content (AvgIpc) is 3.06. The van der Waals surface area contributed by atoms with Crippen molar-refractivity contribution in [3.8, 4) is 5.75 Å². The summed E-state index contributed by atoms with van der Waals surface area (Å²) in [5.41, 5.74) is 2.13. The molecule has 2 aliphatic rings. The van der Waals surface area contributed by atoms with Crippen LogP contribution in [0.5, 0.6) is 5.75 Å². The molecule has 2 fully saturated rings. The van der Waals surface area contributed by atoms with Gasteiger partial charge in [0.25, 0.3) is 5.91 Å². The average molecular weight is 318 g/mol. The minimum absolute atomic E-state index is 0.0183. The Morgan fingerprint density at radius 3 is 2.83 bits per heavy atom. The molecule has 23 heavy (non-hydrogen) atoms. The molecule has 3 rings (SSSR count). The van der Waals surface area contributed by atoms with E-state index in [0.717, 1.165) is 28.9 Å². The number of β-amino-alcohol motifs (C(OH)–C–C–N with tert-alkyl or cyclic N) is 1. The number of hydrogen-bond donors (Lipinski definition) is 1. The molecular formula is C17H22N2O4. The molecule has 6 nitrogen and oxygen atoms in total. The maximum absolute atomic E-state index is 12.2. The summed E-state index contributed by atoms with van der Waals surface area (Å²) < 4.78 is 5.62. The van der Waals surface area contributed by atoms with Crippen molar-refractivity contribution in [1.29, 1.82) is 0 Å². The molecule has 0 saturated carbocycles. The molecule has 2 atom stereocenters. The van der Waals surface area contributed by atoms with Crippen molar-refractivity contribution in [3.63, 3.8) is 0 Å². The van der Waals surface area contributed by atoms with Gasteiger partial charge in [-0.1, -0.05) is 17.7 Å². The lowest BCUT2D eigenvalue weighted by atomic mass is 10.1. The number of urea groups is 1. The van der Waals surface area contributed by atoms with Crippen LogP contribution in [0.3, 0.4) is 0 Å². The molecule has 2 heterocycles. The van der Waals surface area contributed by atoms with E-state index in [-0.39, 0.29) is 31.1 Å². The second-order valence-electron chi connectivity index (χ2n) is 6.32.